The summed E-state index contributed by atoms with van der Waals surface area (Å²) in [6.07, 6.45) is 3.52. The molecule has 26 heavy (non-hydrogen) atoms. The summed E-state index contributed by atoms with van der Waals surface area (Å²) >= 11 is 0. The number of hydrogen-bond acceptors (Lipinski definition) is 4. The third-order valence-electron chi connectivity index (χ3n) is 6.12. The molecule has 1 saturated heterocycles. The van der Waals surface area contributed by atoms with Crippen LogP contribution in [0.1, 0.15) is 50.9 Å². The minimum atomic E-state index is 0.0596. The summed E-state index contributed by atoms with van der Waals surface area (Å²) in [6, 6.07) is 7.64. The lowest BCUT2D eigenvalue weighted by Gasteiger charge is -2.52. The molecule has 0 spiro atoms. The number of amides is 1. The van der Waals surface area contributed by atoms with Crippen LogP contribution >= 0.6 is 0 Å². The number of nitrogens with one attached hydrogen (secondary N) is 1. The van der Waals surface area contributed by atoms with Crippen LogP contribution in [0.4, 0.5) is 0 Å². The maximum Gasteiger partial charge on any atom is 0.253 e. The van der Waals surface area contributed by atoms with Gasteiger partial charge in [0.15, 0.2) is 0 Å². The SMILES string of the molecule is CN(C(=O)c1ccc(-n2cnnn2)cc1)C1CC(C)(C)[NH+](C)C(C)(C)C1. The van der Waals surface area contributed by atoms with Gasteiger partial charge in [-0.3, -0.25) is 4.79 Å². The van der Waals surface area contributed by atoms with Crippen LogP contribution in [-0.4, -0.2) is 62.2 Å². The summed E-state index contributed by atoms with van der Waals surface area (Å²) in [5.41, 5.74) is 1.78. The summed E-state index contributed by atoms with van der Waals surface area (Å²) in [5.74, 6) is 0.0596. The van der Waals surface area contributed by atoms with Crippen molar-refractivity contribution in [3.8, 4) is 5.69 Å². The Morgan fingerprint density at radius 2 is 1.73 bits per heavy atom. The number of carbonyl (C=O) groups is 1. The maximum atomic E-state index is 13.0. The van der Waals surface area contributed by atoms with Crippen LogP contribution in [0.15, 0.2) is 30.6 Å². The van der Waals surface area contributed by atoms with Crippen molar-refractivity contribution in [3.05, 3.63) is 36.2 Å². The van der Waals surface area contributed by atoms with Gasteiger partial charge in [-0.15, -0.1) is 5.10 Å². The van der Waals surface area contributed by atoms with Crippen LogP contribution in [0, 0.1) is 0 Å². The normalized spacial score (nSPS) is 24.2. The first kappa shape index (κ1) is 18.5. The van der Waals surface area contributed by atoms with Crippen LogP contribution in [-0.2, 0) is 0 Å². The van der Waals surface area contributed by atoms with Crippen LogP contribution in [0.25, 0.3) is 5.69 Å². The molecular formula is C19H29N6O+. The van der Waals surface area contributed by atoms with E-state index in [1.54, 1.807) is 4.68 Å². The highest BCUT2D eigenvalue weighted by atomic mass is 16.2. The number of aromatic nitrogens is 4. The quantitative estimate of drug-likeness (QED) is 0.889. The van der Waals surface area contributed by atoms with Gasteiger partial charge < -0.3 is 9.80 Å². The summed E-state index contributed by atoms with van der Waals surface area (Å²) in [6.45, 7) is 9.15. The predicted molar refractivity (Wildman–Crippen MR) is 99.3 cm³/mol. The third kappa shape index (κ3) is 3.35. The highest BCUT2D eigenvalue weighted by Crippen LogP contribution is 2.27. The van der Waals surface area contributed by atoms with Crippen molar-refractivity contribution in [2.24, 2.45) is 0 Å². The molecule has 1 amide bonds. The lowest BCUT2D eigenvalue weighted by atomic mass is 9.77. The van der Waals surface area contributed by atoms with Gasteiger partial charge in [0.05, 0.1) is 23.8 Å². The number of piperidine rings is 1. The van der Waals surface area contributed by atoms with Gasteiger partial charge in [-0.05, 0) is 62.4 Å². The van der Waals surface area contributed by atoms with Crippen molar-refractivity contribution in [3.63, 3.8) is 0 Å². The first-order valence-electron chi connectivity index (χ1n) is 9.07. The predicted octanol–water partition coefficient (Wildman–Crippen LogP) is 0.969. The van der Waals surface area contributed by atoms with Gasteiger partial charge >= 0.3 is 0 Å². The molecule has 0 aliphatic carbocycles. The van der Waals surface area contributed by atoms with Crippen LogP contribution < -0.4 is 4.90 Å². The Bertz CT molecular complexity index is 748. The van der Waals surface area contributed by atoms with E-state index >= 15 is 0 Å². The zero-order chi connectivity index (χ0) is 19.1. The smallest absolute Gasteiger partial charge is 0.253 e. The van der Waals surface area contributed by atoms with Crippen molar-refractivity contribution >= 4 is 5.91 Å². The topological polar surface area (TPSA) is 68.4 Å². The first-order chi connectivity index (χ1) is 12.1. The zero-order valence-electron chi connectivity index (χ0n) is 16.5. The Labute approximate surface area is 155 Å². The third-order valence-corrected chi connectivity index (χ3v) is 6.12. The molecule has 7 nitrogen and oxygen atoms in total. The fraction of sp³-hybridized carbons (Fsp3) is 0.579. The fourth-order valence-corrected chi connectivity index (χ4v) is 4.15. The second-order valence-electron chi connectivity index (χ2n) is 8.67. The van der Waals surface area contributed by atoms with E-state index in [2.05, 4.69) is 50.3 Å². The fourth-order valence-electron chi connectivity index (χ4n) is 4.15. The van der Waals surface area contributed by atoms with Crippen LogP contribution in [0.5, 0.6) is 0 Å². The monoisotopic (exact) mass is 357 g/mol. The number of benzene rings is 1. The molecule has 2 aromatic rings. The van der Waals surface area contributed by atoms with Crippen LogP contribution in [0.3, 0.4) is 0 Å². The first-order valence-corrected chi connectivity index (χ1v) is 9.07. The van der Waals surface area contributed by atoms with Gasteiger partial charge in [0.2, 0.25) is 0 Å². The van der Waals surface area contributed by atoms with Crippen molar-refractivity contribution in [2.45, 2.75) is 57.7 Å². The molecule has 0 saturated carbocycles. The van der Waals surface area contributed by atoms with Gasteiger partial charge in [0, 0.05) is 31.5 Å². The van der Waals surface area contributed by atoms with Crippen molar-refractivity contribution in [2.75, 3.05) is 14.1 Å². The van der Waals surface area contributed by atoms with Crippen molar-refractivity contribution < 1.29 is 9.69 Å². The molecule has 1 fully saturated rings. The average molecular weight is 357 g/mol. The number of rotatable bonds is 3. The molecule has 1 aliphatic rings. The van der Waals surface area contributed by atoms with Crippen molar-refractivity contribution in [1.82, 2.24) is 25.1 Å². The highest BCUT2D eigenvalue weighted by molar-refractivity contribution is 5.94. The molecule has 0 radical (unpaired) electrons. The number of likely N-dealkylation sites (tertiary alicyclic amines) is 1. The van der Waals surface area contributed by atoms with E-state index in [0.717, 1.165) is 18.5 Å². The molecule has 0 unspecified atom stereocenters. The Balaban J connectivity index is 1.77. The van der Waals surface area contributed by atoms with E-state index in [-0.39, 0.29) is 23.0 Å². The number of tetrazole rings is 1. The largest absolute Gasteiger partial charge is 0.338 e. The zero-order valence-corrected chi connectivity index (χ0v) is 16.5. The van der Waals surface area contributed by atoms with E-state index in [4.69, 9.17) is 0 Å². The Kier molecular flexibility index (Phi) is 4.60. The van der Waals surface area contributed by atoms with Gasteiger partial charge in [0.25, 0.3) is 5.91 Å². The molecule has 0 atom stereocenters. The summed E-state index contributed by atoms with van der Waals surface area (Å²) in [4.78, 5) is 16.5. The molecule has 1 aromatic heterocycles. The number of nitrogens with zero attached hydrogens (tertiary/aromatic N) is 5. The minimum Gasteiger partial charge on any atom is -0.338 e. The highest BCUT2D eigenvalue weighted by Gasteiger charge is 2.48. The molecule has 1 aromatic carbocycles. The van der Waals surface area contributed by atoms with E-state index in [1.807, 2.05) is 36.2 Å². The standard InChI is InChI=1S/C19H28N6O/c1-18(2)11-16(12-19(3,4)24(18)6)23(5)17(26)14-7-9-15(10-8-14)25-13-20-21-22-25/h7-10,13,16H,11-12H2,1-6H3/p+1. The van der Waals surface area contributed by atoms with E-state index in [0.29, 0.717) is 5.56 Å². The van der Waals surface area contributed by atoms with E-state index < -0.39 is 0 Å². The molecule has 2 heterocycles. The van der Waals surface area contributed by atoms with Gasteiger partial charge in [0.1, 0.15) is 6.33 Å². The Hall–Kier alpha value is -2.28. The van der Waals surface area contributed by atoms with Gasteiger partial charge in [-0.25, -0.2) is 4.68 Å². The number of carbonyl (C=O) groups excluding carboxylic acids is 1. The molecule has 7 heteroatoms. The Morgan fingerprint density at radius 3 is 2.23 bits per heavy atom. The number of quaternary nitrogens is 1. The summed E-state index contributed by atoms with van der Waals surface area (Å²) < 4.78 is 1.57. The lowest BCUT2D eigenvalue weighted by Crippen LogP contribution is -3.24. The number of hydrogen-bond donors (Lipinski definition) is 1. The van der Waals surface area contributed by atoms with Gasteiger partial charge in [-0.1, -0.05) is 0 Å². The van der Waals surface area contributed by atoms with Crippen molar-refractivity contribution in [1.29, 1.82) is 0 Å². The second kappa shape index (κ2) is 6.46. The summed E-state index contributed by atoms with van der Waals surface area (Å²) in [7, 11) is 4.19. The molecule has 140 valence electrons. The lowest BCUT2D eigenvalue weighted by molar-refractivity contribution is -0.983. The average Bonchev–Trinajstić information content (AvgIpc) is 3.12. The minimum absolute atomic E-state index is 0.0596. The van der Waals surface area contributed by atoms with E-state index in [1.165, 1.54) is 11.2 Å². The molecular weight excluding hydrogens is 328 g/mol. The second-order valence-corrected chi connectivity index (χ2v) is 8.67. The Morgan fingerprint density at radius 1 is 1.15 bits per heavy atom. The summed E-state index contributed by atoms with van der Waals surface area (Å²) in [5, 5.41) is 11.1. The molecule has 1 aliphatic heterocycles. The van der Waals surface area contributed by atoms with E-state index in [9.17, 15) is 4.79 Å². The molecule has 3 rings (SSSR count). The molecule has 0 bridgehead atoms. The maximum absolute atomic E-state index is 13.0. The molecule has 1 N–H and O–H groups in total. The van der Waals surface area contributed by atoms with Crippen LogP contribution in [0.2, 0.25) is 0 Å². The van der Waals surface area contributed by atoms with Gasteiger partial charge in [-0.2, -0.15) is 0 Å².